The van der Waals surface area contributed by atoms with Gasteiger partial charge in [0.25, 0.3) is 0 Å². The molecule has 1 aliphatic heterocycles. The summed E-state index contributed by atoms with van der Waals surface area (Å²) >= 11 is 0. The molecule has 0 aliphatic carbocycles. The maximum absolute atomic E-state index is 5.73. The molecule has 1 heterocycles. The van der Waals surface area contributed by atoms with Crippen LogP contribution in [0.2, 0.25) is 0 Å². The van der Waals surface area contributed by atoms with Gasteiger partial charge >= 0.3 is 0 Å². The number of nitrogens with one attached hydrogen (secondary N) is 1. The second kappa shape index (κ2) is 8.82. The Morgan fingerprint density at radius 2 is 1.40 bits per heavy atom. The minimum atomic E-state index is 0.606. The molecule has 5 nitrogen and oxygen atoms in total. The maximum Gasteiger partial charge on any atom is 0.154 e. The predicted octanol–water partition coefficient (Wildman–Crippen LogP) is 5.23. The molecule has 0 fully saturated rings. The van der Waals surface area contributed by atoms with Crippen molar-refractivity contribution in [3.63, 3.8) is 0 Å². The Labute approximate surface area is 177 Å². The zero-order chi connectivity index (χ0) is 20.9. The van der Waals surface area contributed by atoms with Gasteiger partial charge in [-0.1, -0.05) is 29.8 Å². The number of fused-ring (bicyclic) bond motifs is 1. The van der Waals surface area contributed by atoms with E-state index in [0.717, 1.165) is 39.6 Å². The second-order valence-corrected chi connectivity index (χ2v) is 6.97. The van der Waals surface area contributed by atoms with Crippen molar-refractivity contribution in [1.29, 1.82) is 0 Å². The average Bonchev–Trinajstić information content (AvgIpc) is 2.95. The summed E-state index contributed by atoms with van der Waals surface area (Å²) in [5.74, 6) is 2.32. The molecule has 3 aromatic rings. The molecule has 3 aromatic carbocycles. The van der Waals surface area contributed by atoms with E-state index >= 15 is 0 Å². The van der Waals surface area contributed by atoms with Crippen molar-refractivity contribution >= 4 is 17.2 Å². The number of hydrogen-bond acceptors (Lipinski definition) is 5. The fourth-order valence-corrected chi connectivity index (χ4v) is 3.31. The van der Waals surface area contributed by atoms with Gasteiger partial charge in [-0.3, -0.25) is 5.43 Å². The van der Waals surface area contributed by atoms with E-state index in [0.29, 0.717) is 19.0 Å². The Morgan fingerprint density at radius 1 is 0.767 bits per heavy atom. The first-order valence-electron chi connectivity index (χ1n) is 10.2. The Morgan fingerprint density at radius 3 is 2.10 bits per heavy atom. The van der Waals surface area contributed by atoms with Gasteiger partial charge in [-0.05, 0) is 63.2 Å². The molecule has 0 amide bonds. The van der Waals surface area contributed by atoms with Crippen molar-refractivity contribution in [3.05, 3.63) is 89.0 Å². The fourth-order valence-electron chi connectivity index (χ4n) is 3.31. The smallest absolute Gasteiger partial charge is 0.154 e. The van der Waals surface area contributed by atoms with Crippen LogP contribution >= 0.6 is 0 Å². The molecule has 0 saturated heterocycles. The third kappa shape index (κ3) is 4.20. The standard InChI is InChI=1S/C25H25N3O2/c1-4-29-20-12-10-19(11-13-20)25-26-23-15-14-21(30-5-2)16-22(23)24(27-28-25)18-8-6-17(3)7-9-18/h6-16H,4-5H2,1-3H3,(H,26,28). The van der Waals surface area contributed by atoms with Crippen LogP contribution < -0.4 is 14.9 Å². The number of hydrazone groups is 1. The van der Waals surface area contributed by atoms with Crippen LogP contribution in [0.25, 0.3) is 0 Å². The van der Waals surface area contributed by atoms with Crippen LogP contribution in [0.1, 0.15) is 36.1 Å². The van der Waals surface area contributed by atoms with Crippen molar-refractivity contribution < 1.29 is 9.47 Å². The van der Waals surface area contributed by atoms with Crippen LogP contribution in [0.5, 0.6) is 11.5 Å². The molecule has 1 N–H and O–H groups in total. The predicted molar refractivity (Wildman–Crippen MR) is 121 cm³/mol. The van der Waals surface area contributed by atoms with Gasteiger partial charge in [0.15, 0.2) is 5.84 Å². The highest BCUT2D eigenvalue weighted by atomic mass is 16.5. The van der Waals surface area contributed by atoms with E-state index in [9.17, 15) is 0 Å². The summed E-state index contributed by atoms with van der Waals surface area (Å²) in [6.45, 7) is 7.27. The molecule has 0 saturated carbocycles. The highest BCUT2D eigenvalue weighted by molar-refractivity contribution is 6.18. The van der Waals surface area contributed by atoms with Gasteiger partial charge in [0.05, 0.1) is 18.9 Å². The summed E-state index contributed by atoms with van der Waals surface area (Å²) in [5, 5.41) is 4.73. The molecule has 152 valence electrons. The lowest BCUT2D eigenvalue weighted by molar-refractivity contribution is 0.340. The molecule has 1 aliphatic rings. The quantitative estimate of drug-likeness (QED) is 0.618. The third-order valence-corrected chi connectivity index (χ3v) is 4.80. The van der Waals surface area contributed by atoms with Crippen molar-refractivity contribution in [2.24, 2.45) is 10.1 Å². The highest BCUT2D eigenvalue weighted by Crippen LogP contribution is 2.30. The minimum Gasteiger partial charge on any atom is -0.494 e. The van der Waals surface area contributed by atoms with E-state index in [2.05, 4.69) is 36.6 Å². The molecular weight excluding hydrogens is 374 g/mol. The van der Waals surface area contributed by atoms with Gasteiger partial charge in [-0.15, -0.1) is 0 Å². The van der Waals surface area contributed by atoms with Crippen LogP contribution in [0, 0.1) is 6.92 Å². The normalized spacial score (nSPS) is 12.8. The minimum absolute atomic E-state index is 0.606. The topological polar surface area (TPSA) is 55.2 Å². The van der Waals surface area contributed by atoms with Gasteiger partial charge in [-0.2, -0.15) is 5.10 Å². The summed E-state index contributed by atoms with van der Waals surface area (Å²) in [6, 6.07) is 22.1. The molecule has 30 heavy (non-hydrogen) atoms. The van der Waals surface area contributed by atoms with Crippen molar-refractivity contribution in [3.8, 4) is 11.5 Å². The molecule has 5 heteroatoms. The lowest BCUT2D eigenvalue weighted by Crippen LogP contribution is -2.19. The van der Waals surface area contributed by atoms with Crippen LogP contribution in [0.15, 0.2) is 76.8 Å². The summed E-state index contributed by atoms with van der Waals surface area (Å²) in [6.07, 6.45) is 0. The van der Waals surface area contributed by atoms with Gasteiger partial charge in [0, 0.05) is 16.7 Å². The number of hydrogen-bond donors (Lipinski definition) is 1. The summed E-state index contributed by atoms with van der Waals surface area (Å²) in [4.78, 5) is 4.87. The third-order valence-electron chi connectivity index (χ3n) is 4.80. The van der Waals surface area contributed by atoms with E-state index < -0.39 is 0 Å². The van der Waals surface area contributed by atoms with E-state index in [1.165, 1.54) is 5.56 Å². The van der Waals surface area contributed by atoms with Gasteiger partial charge < -0.3 is 9.47 Å². The number of aliphatic imine (C=N–C) groups is 1. The molecular formula is C25H25N3O2. The van der Waals surface area contributed by atoms with Gasteiger partial charge in [-0.25, -0.2) is 4.99 Å². The molecule has 0 aromatic heterocycles. The number of ether oxygens (including phenoxy) is 2. The number of aryl methyl sites for hydroxylation is 1. The number of benzene rings is 3. The van der Waals surface area contributed by atoms with Crippen LogP contribution in [-0.4, -0.2) is 24.8 Å². The van der Waals surface area contributed by atoms with Crippen molar-refractivity contribution in [2.45, 2.75) is 20.8 Å². The van der Waals surface area contributed by atoms with Crippen LogP contribution in [-0.2, 0) is 0 Å². The zero-order valence-corrected chi connectivity index (χ0v) is 17.5. The Kier molecular flexibility index (Phi) is 5.80. The first-order valence-corrected chi connectivity index (χ1v) is 10.2. The first-order chi connectivity index (χ1) is 14.7. The molecule has 0 unspecified atom stereocenters. The van der Waals surface area contributed by atoms with Gasteiger partial charge in [0.2, 0.25) is 0 Å². The molecule has 4 rings (SSSR count). The molecule has 0 radical (unpaired) electrons. The SMILES string of the molecule is CCOc1ccc(C2=Nc3ccc(OCC)cc3C(c3ccc(C)cc3)=NN2)cc1. The largest absolute Gasteiger partial charge is 0.494 e. The van der Waals surface area contributed by atoms with Crippen LogP contribution in [0.3, 0.4) is 0 Å². The van der Waals surface area contributed by atoms with Crippen molar-refractivity contribution in [2.75, 3.05) is 13.2 Å². The lowest BCUT2D eigenvalue weighted by Gasteiger charge is -2.10. The average molecular weight is 399 g/mol. The molecule has 0 atom stereocenters. The lowest BCUT2D eigenvalue weighted by atomic mass is 9.99. The highest BCUT2D eigenvalue weighted by Gasteiger charge is 2.18. The zero-order valence-electron chi connectivity index (χ0n) is 17.5. The summed E-state index contributed by atoms with van der Waals surface area (Å²) in [5.41, 5.74) is 8.93. The Bertz CT molecular complexity index is 1080. The summed E-state index contributed by atoms with van der Waals surface area (Å²) in [7, 11) is 0. The van der Waals surface area contributed by atoms with E-state index in [1.54, 1.807) is 0 Å². The number of rotatable bonds is 6. The second-order valence-electron chi connectivity index (χ2n) is 6.97. The monoisotopic (exact) mass is 399 g/mol. The summed E-state index contributed by atoms with van der Waals surface area (Å²) < 4.78 is 11.3. The molecule has 0 bridgehead atoms. The van der Waals surface area contributed by atoms with Crippen molar-refractivity contribution in [1.82, 2.24) is 5.43 Å². The van der Waals surface area contributed by atoms with E-state index in [-0.39, 0.29) is 0 Å². The van der Waals surface area contributed by atoms with Crippen LogP contribution in [0.4, 0.5) is 5.69 Å². The van der Waals surface area contributed by atoms with E-state index in [4.69, 9.17) is 19.6 Å². The number of nitrogens with zero attached hydrogens (tertiary/aromatic N) is 2. The first kappa shape index (κ1) is 19.7. The Balaban J connectivity index is 1.78. The Hall–Kier alpha value is -3.60. The fraction of sp³-hybridized carbons (Fsp3) is 0.200. The number of amidine groups is 1. The maximum atomic E-state index is 5.73. The van der Waals surface area contributed by atoms with Gasteiger partial charge in [0.1, 0.15) is 17.2 Å². The molecule has 0 spiro atoms. The van der Waals surface area contributed by atoms with E-state index in [1.807, 2.05) is 56.3 Å².